The number of fused-ring (bicyclic) bond motifs is 4. The third-order valence-electron chi connectivity index (χ3n) is 9.62. The minimum absolute atomic E-state index is 1.10. The lowest BCUT2D eigenvalue weighted by molar-refractivity contribution is 1.29. The molecule has 49 heavy (non-hydrogen) atoms. The van der Waals surface area contributed by atoms with Crippen molar-refractivity contribution < 1.29 is 0 Å². The summed E-state index contributed by atoms with van der Waals surface area (Å²) in [7, 11) is 0. The van der Waals surface area contributed by atoms with Gasteiger partial charge in [-0.25, -0.2) is 0 Å². The van der Waals surface area contributed by atoms with Gasteiger partial charge in [-0.3, -0.25) is 0 Å². The maximum atomic E-state index is 2.44. The molecule has 0 bridgehead atoms. The average molecular weight is 624 g/mol. The summed E-state index contributed by atoms with van der Waals surface area (Å²) in [5.41, 5.74) is 10.5. The third-order valence-corrected chi connectivity index (χ3v) is 9.62. The minimum Gasteiger partial charge on any atom is -0.310 e. The van der Waals surface area contributed by atoms with E-state index in [4.69, 9.17) is 0 Å². The molecule has 0 aromatic heterocycles. The summed E-state index contributed by atoms with van der Waals surface area (Å²) in [5.74, 6) is 0. The number of rotatable bonds is 6. The second-order valence-corrected chi connectivity index (χ2v) is 12.6. The van der Waals surface area contributed by atoms with E-state index in [0.717, 1.165) is 17.1 Å². The van der Waals surface area contributed by atoms with E-state index < -0.39 is 0 Å². The van der Waals surface area contributed by atoms with Crippen molar-refractivity contribution in [3.05, 3.63) is 200 Å². The zero-order valence-corrected chi connectivity index (χ0v) is 27.0. The first-order chi connectivity index (χ1) is 24.3. The molecule has 0 heterocycles. The van der Waals surface area contributed by atoms with Gasteiger partial charge >= 0.3 is 0 Å². The van der Waals surface area contributed by atoms with E-state index in [2.05, 4.69) is 205 Å². The van der Waals surface area contributed by atoms with Crippen molar-refractivity contribution in [2.45, 2.75) is 0 Å². The van der Waals surface area contributed by atoms with Crippen molar-refractivity contribution in [1.29, 1.82) is 0 Å². The van der Waals surface area contributed by atoms with Crippen LogP contribution >= 0.6 is 0 Å². The Morgan fingerprint density at radius 3 is 1.61 bits per heavy atom. The molecule has 9 aromatic rings. The lowest BCUT2D eigenvalue weighted by Crippen LogP contribution is -2.11. The summed E-state index contributed by atoms with van der Waals surface area (Å²) >= 11 is 0. The molecule has 0 radical (unpaired) electrons. The Bertz CT molecular complexity index is 2600. The van der Waals surface area contributed by atoms with Gasteiger partial charge in [-0.2, -0.15) is 0 Å². The van der Waals surface area contributed by atoms with E-state index in [0.29, 0.717) is 0 Å². The molecule has 0 fully saturated rings. The monoisotopic (exact) mass is 623 g/mol. The van der Waals surface area contributed by atoms with E-state index in [1.165, 1.54) is 65.7 Å². The third kappa shape index (κ3) is 5.32. The second kappa shape index (κ2) is 12.3. The van der Waals surface area contributed by atoms with Gasteiger partial charge < -0.3 is 4.90 Å². The van der Waals surface area contributed by atoms with Crippen molar-refractivity contribution in [1.82, 2.24) is 0 Å². The zero-order valence-electron chi connectivity index (χ0n) is 27.0. The van der Waals surface area contributed by atoms with Crippen LogP contribution in [-0.4, -0.2) is 0 Å². The van der Waals surface area contributed by atoms with E-state index in [9.17, 15) is 0 Å². The highest BCUT2D eigenvalue weighted by atomic mass is 15.1. The first-order valence-corrected chi connectivity index (χ1v) is 16.8. The fraction of sp³-hybridized carbons (Fsp3) is 0. The summed E-state index contributed by atoms with van der Waals surface area (Å²) in [5, 5.41) is 7.45. The van der Waals surface area contributed by atoms with Crippen LogP contribution in [0.4, 0.5) is 17.1 Å². The largest absolute Gasteiger partial charge is 0.310 e. The van der Waals surface area contributed by atoms with Gasteiger partial charge in [0.2, 0.25) is 0 Å². The van der Waals surface area contributed by atoms with E-state index in [1.807, 2.05) is 0 Å². The highest BCUT2D eigenvalue weighted by Gasteiger charge is 2.20. The zero-order chi connectivity index (χ0) is 32.6. The number of para-hydroxylation sites is 1. The van der Waals surface area contributed by atoms with Crippen LogP contribution in [0.2, 0.25) is 0 Å². The smallest absolute Gasteiger partial charge is 0.0540 e. The number of hydrogen-bond donors (Lipinski definition) is 0. The Morgan fingerprint density at radius 2 is 0.816 bits per heavy atom. The van der Waals surface area contributed by atoms with Crippen LogP contribution in [0.5, 0.6) is 0 Å². The molecule has 0 saturated heterocycles. The Hall–Kier alpha value is -6.44. The topological polar surface area (TPSA) is 3.24 Å². The lowest BCUT2D eigenvalue weighted by Gasteiger charge is -2.29. The normalized spacial score (nSPS) is 11.3. The van der Waals surface area contributed by atoms with Gasteiger partial charge in [0.25, 0.3) is 0 Å². The van der Waals surface area contributed by atoms with Gasteiger partial charge in [-0.15, -0.1) is 0 Å². The van der Waals surface area contributed by atoms with E-state index in [-0.39, 0.29) is 0 Å². The van der Waals surface area contributed by atoms with Gasteiger partial charge in [0.15, 0.2) is 0 Å². The summed E-state index contributed by atoms with van der Waals surface area (Å²) in [6, 6.07) is 72.6. The van der Waals surface area contributed by atoms with Gasteiger partial charge in [0.05, 0.1) is 5.69 Å². The van der Waals surface area contributed by atoms with Crippen LogP contribution in [-0.2, 0) is 0 Å². The molecule has 9 aromatic carbocycles. The molecule has 0 aliphatic carbocycles. The van der Waals surface area contributed by atoms with Gasteiger partial charge in [0.1, 0.15) is 0 Å². The molecule has 230 valence electrons. The predicted octanol–water partition coefficient (Wildman–Crippen LogP) is 13.6. The molecule has 0 atom stereocenters. The molecule has 0 spiro atoms. The fourth-order valence-electron chi connectivity index (χ4n) is 7.22. The van der Waals surface area contributed by atoms with Crippen LogP contribution in [0.1, 0.15) is 0 Å². The second-order valence-electron chi connectivity index (χ2n) is 12.6. The van der Waals surface area contributed by atoms with Crippen molar-refractivity contribution in [2.24, 2.45) is 0 Å². The van der Waals surface area contributed by atoms with Crippen molar-refractivity contribution >= 4 is 49.4 Å². The van der Waals surface area contributed by atoms with E-state index >= 15 is 0 Å². The maximum absolute atomic E-state index is 2.44. The molecule has 0 aliphatic heterocycles. The maximum Gasteiger partial charge on any atom is 0.0540 e. The van der Waals surface area contributed by atoms with Crippen molar-refractivity contribution in [3.8, 4) is 33.4 Å². The Kier molecular flexibility index (Phi) is 7.22. The first-order valence-electron chi connectivity index (χ1n) is 16.8. The van der Waals surface area contributed by atoms with Crippen LogP contribution in [0.3, 0.4) is 0 Å². The van der Waals surface area contributed by atoms with Gasteiger partial charge in [0, 0.05) is 16.9 Å². The average Bonchev–Trinajstić information content (AvgIpc) is 3.18. The molecule has 1 heteroatoms. The van der Waals surface area contributed by atoms with Crippen LogP contribution < -0.4 is 4.90 Å². The number of nitrogens with zero attached hydrogens (tertiary/aromatic N) is 1. The van der Waals surface area contributed by atoms with Gasteiger partial charge in [-0.1, -0.05) is 164 Å². The van der Waals surface area contributed by atoms with Crippen LogP contribution in [0.25, 0.3) is 65.7 Å². The van der Waals surface area contributed by atoms with Crippen LogP contribution in [0.15, 0.2) is 200 Å². The molecule has 9 rings (SSSR count). The predicted molar refractivity (Wildman–Crippen MR) is 210 cm³/mol. The molecule has 1 nitrogen and oxygen atoms in total. The molecule has 0 amide bonds. The number of hydrogen-bond acceptors (Lipinski definition) is 1. The Balaban J connectivity index is 1.31. The number of anilines is 3. The highest BCUT2D eigenvalue weighted by molar-refractivity contribution is 6.09. The Morgan fingerprint density at radius 1 is 0.265 bits per heavy atom. The van der Waals surface area contributed by atoms with Crippen LogP contribution in [0, 0.1) is 0 Å². The number of benzene rings is 9. The minimum atomic E-state index is 1.10. The Labute approximate surface area is 287 Å². The summed E-state index contributed by atoms with van der Waals surface area (Å²) in [4.78, 5) is 2.44. The fourth-order valence-corrected chi connectivity index (χ4v) is 7.22. The molecular weight excluding hydrogens is 591 g/mol. The first kappa shape index (κ1) is 28.8. The SMILES string of the molecule is c1ccc(-c2ccc(N(c3ccc4ccc5ccccc5c4c3)c3ccccc3-c3ccc4ccccc4c3)cc2-c2ccccc2)cc1. The lowest BCUT2D eigenvalue weighted by atomic mass is 9.93. The molecular formula is C48H33N. The van der Waals surface area contributed by atoms with Gasteiger partial charge in [-0.05, 0) is 96.5 Å². The summed E-state index contributed by atoms with van der Waals surface area (Å²) in [6.07, 6.45) is 0. The van der Waals surface area contributed by atoms with Crippen molar-refractivity contribution in [2.75, 3.05) is 4.90 Å². The summed E-state index contributed by atoms with van der Waals surface area (Å²) < 4.78 is 0. The quantitative estimate of drug-likeness (QED) is 0.167. The summed E-state index contributed by atoms with van der Waals surface area (Å²) in [6.45, 7) is 0. The molecule has 0 saturated carbocycles. The standard InChI is InChI=1S/C48H33N/c1-3-14-35(15-4-1)44-30-29-42(33-46(44)36-16-5-2-6-17-36)49(41-28-27-38-25-24-37-18-9-10-20-43(37)47(38)32-41)48-22-12-11-21-45(48)40-26-23-34-13-7-8-19-39(34)31-40/h1-33H. The van der Waals surface area contributed by atoms with E-state index in [1.54, 1.807) is 0 Å². The molecule has 0 aliphatic rings. The highest BCUT2D eigenvalue weighted by Crippen LogP contribution is 2.45. The molecule has 0 unspecified atom stereocenters. The molecule has 0 N–H and O–H groups in total. The van der Waals surface area contributed by atoms with Crippen molar-refractivity contribution in [3.63, 3.8) is 0 Å².